The van der Waals surface area contributed by atoms with E-state index in [-0.39, 0.29) is 19.1 Å². The van der Waals surface area contributed by atoms with E-state index in [0.29, 0.717) is 12.2 Å². The van der Waals surface area contributed by atoms with Crippen LogP contribution in [-0.4, -0.2) is 18.7 Å². The molecule has 1 amide bonds. The standard InChI is InChI=1S/C38H33NO5/c1-26-15-17-27(18-16-26)23-42-30-21-19-28(20-22-30)24-43-37(40)36(29-9-3-2-4-10-29)39-38(41)44-25-35-33-13-7-5-11-31(33)32-12-6-8-14-34(32)35/h2-22,35-36H,23-25H2,1H3,(H,39,41)/t36-/m1/s1. The molecule has 1 aliphatic rings. The fraction of sp³-hybridized carbons (Fsp3) is 0.158. The van der Waals surface area contributed by atoms with Crippen molar-refractivity contribution in [3.8, 4) is 16.9 Å². The van der Waals surface area contributed by atoms with Gasteiger partial charge in [0.2, 0.25) is 0 Å². The molecular weight excluding hydrogens is 550 g/mol. The van der Waals surface area contributed by atoms with Gasteiger partial charge in [0.25, 0.3) is 0 Å². The molecule has 0 radical (unpaired) electrons. The van der Waals surface area contributed by atoms with Crippen molar-refractivity contribution >= 4 is 12.1 Å². The Bertz CT molecular complexity index is 1690. The first-order chi connectivity index (χ1) is 21.5. The summed E-state index contributed by atoms with van der Waals surface area (Å²) >= 11 is 0. The van der Waals surface area contributed by atoms with E-state index in [1.165, 1.54) is 5.56 Å². The van der Waals surface area contributed by atoms with Gasteiger partial charge in [-0.2, -0.15) is 0 Å². The van der Waals surface area contributed by atoms with Crippen LogP contribution in [0.5, 0.6) is 5.75 Å². The molecule has 0 heterocycles. The van der Waals surface area contributed by atoms with E-state index >= 15 is 0 Å². The minimum absolute atomic E-state index is 0.0484. The second-order valence-corrected chi connectivity index (χ2v) is 10.8. The zero-order valence-electron chi connectivity index (χ0n) is 24.4. The van der Waals surface area contributed by atoms with E-state index in [1.807, 2.05) is 78.9 Å². The normalized spacial score (nSPS) is 12.5. The van der Waals surface area contributed by atoms with E-state index in [0.717, 1.165) is 39.1 Å². The number of nitrogens with one attached hydrogen (secondary N) is 1. The van der Waals surface area contributed by atoms with Crippen LogP contribution in [0.1, 0.15) is 45.3 Å². The SMILES string of the molecule is Cc1ccc(COc2ccc(COC(=O)[C@H](NC(=O)OCC3c4ccccc4-c4ccccc43)c3ccccc3)cc2)cc1. The molecule has 44 heavy (non-hydrogen) atoms. The average Bonchev–Trinajstić information content (AvgIpc) is 3.39. The Morgan fingerprint density at radius 2 is 1.23 bits per heavy atom. The maximum Gasteiger partial charge on any atom is 0.408 e. The number of benzene rings is 5. The lowest BCUT2D eigenvalue weighted by Gasteiger charge is -2.19. The molecule has 6 nitrogen and oxygen atoms in total. The highest BCUT2D eigenvalue weighted by Crippen LogP contribution is 2.44. The van der Waals surface area contributed by atoms with Crippen molar-refractivity contribution in [3.05, 3.63) is 161 Å². The fourth-order valence-electron chi connectivity index (χ4n) is 5.45. The number of carbonyl (C=O) groups excluding carboxylic acids is 2. The third-order valence-corrected chi connectivity index (χ3v) is 7.81. The van der Waals surface area contributed by atoms with Crippen LogP contribution in [0, 0.1) is 6.92 Å². The molecule has 1 atom stereocenters. The van der Waals surface area contributed by atoms with Gasteiger partial charge in [-0.3, -0.25) is 0 Å². The van der Waals surface area contributed by atoms with Crippen LogP contribution in [0.3, 0.4) is 0 Å². The molecule has 6 heteroatoms. The molecule has 1 aliphatic carbocycles. The van der Waals surface area contributed by atoms with E-state index in [9.17, 15) is 9.59 Å². The highest BCUT2D eigenvalue weighted by Gasteiger charge is 2.30. The zero-order valence-corrected chi connectivity index (χ0v) is 24.4. The van der Waals surface area contributed by atoms with Gasteiger partial charge in [0.15, 0.2) is 6.04 Å². The van der Waals surface area contributed by atoms with Gasteiger partial charge in [-0.05, 0) is 58.0 Å². The van der Waals surface area contributed by atoms with Crippen LogP contribution >= 0.6 is 0 Å². The Morgan fingerprint density at radius 3 is 1.89 bits per heavy atom. The molecule has 6 rings (SSSR count). The Hall–Kier alpha value is -5.36. The van der Waals surface area contributed by atoms with Crippen molar-refractivity contribution in [1.82, 2.24) is 5.32 Å². The van der Waals surface area contributed by atoms with Crippen molar-refractivity contribution in [2.24, 2.45) is 0 Å². The summed E-state index contributed by atoms with van der Waals surface area (Å²) in [5.74, 6) is 0.0586. The van der Waals surface area contributed by atoms with E-state index in [2.05, 4.69) is 48.6 Å². The highest BCUT2D eigenvalue weighted by atomic mass is 16.6. The third kappa shape index (κ3) is 6.65. The first-order valence-corrected chi connectivity index (χ1v) is 14.7. The Labute approximate surface area is 257 Å². The summed E-state index contributed by atoms with van der Waals surface area (Å²) in [5.41, 5.74) is 8.22. The first-order valence-electron chi connectivity index (χ1n) is 14.7. The van der Waals surface area contributed by atoms with Crippen LogP contribution in [0.2, 0.25) is 0 Å². The molecule has 5 aromatic carbocycles. The topological polar surface area (TPSA) is 73.9 Å². The number of rotatable bonds is 10. The van der Waals surface area contributed by atoms with Gasteiger partial charge >= 0.3 is 12.1 Å². The van der Waals surface area contributed by atoms with Crippen molar-refractivity contribution in [1.29, 1.82) is 0 Å². The molecule has 220 valence electrons. The van der Waals surface area contributed by atoms with Gasteiger partial charge in [-0.1, -0.05) is 121 Å². The fourth-order valence-corrected chi connectivity index (χ4v) is 5.45. The number of esters is 1. The molecule has 0 bridgehead atoms. The third-order valence-electron chi connectivity index (χ3n) is 7.81. The molecule has 0 saturated carbocycles. The number of ether oxygens (including phenoxy) is 3. The van der Waals surface area contributed by atoms with Gasteiger partial charge in [0, 0.05) is 5.92 Å². The number of amides is 1. The highest BCUT2D eigenvalue weighted by molar-refractivity contribution is 5.83. The minimum Gasteiger partial charge on any atom is -0.489 e. The number of alkyl carbamates (subject to hydrolysis) is 1. The molecule has 0 fully saturated rings. The summed E-state index contributed by atoms with van der Waals surface area (Å²) in [4.78, 5) is 26.3. The Balaban J connectivity index is 1.06. The summed E-state index contributed by atoms with van der Waals surface area (Å²) in [6.07, 6.45) is -0.687. The van der Waals surface area contributed by atoms with E-state index < -0.39 is 18.1 Å². The largest absolute Gasteiger partial charge is 0.489 e. The number of carbonyl (C=O) groups is 2. The lowest BCUT2D eigenvalue weighted by atomic mass is 9.98. The molecule has 0 saturated heterocycles. The molecule has 1 N–H and O–H groups in total. The summed E-state index contributed by atoms with van der Waals surface area (Å²) in [6, 6.07) is 39.9. The maximum atomic E-state index is 13.3. The van der Waals surface area contributed by atoms with Gasteiger partial charge in [0.1, 0.15) is 25.6 Å². The smallest absolute Gasteiger partial charge is 0.408 e. The van der Waals surface area contributed by atoms with Crippen LogP contribution < -0.4 is 10.1 Å². The van der Waals surface area contributed by atoms with Crippen LogP contribution in [0.25, 0.3) is 11.1 Å². The second-order valence-electron chi connectivity index (χ2n) is 10.8. The molecule has 0 spiro atoms. The van der Waals surface area contributed by atoms with E-state index in [1.54, 1.807) is 12.1 Å². The monoisotopic (exact) mass is 583 g/mol. The van der Waals surface area contributed by atoms with Gasteiger partial charge in [0.05, 0.1) is 0 Å². The lowest BCUT2D eigenvalue weighted by molar-refractivity contribution is -0.147. The molecule has 0 unspecified atom stereocenters. The maximum absolute atomic E-state index is 13.3. The Morgan fingerprint density at radius 1 is 0.659 bits per heavy atom. The van der Waals surface area contributed by atoms with Crippen molar-refractivity contribution in [3.63, 3.8) is 0 Å². The van der Waals surface area contributed by atoms with Gasteiger partial charge in [-0.15, -0.1) is 0 Å². The van der Waals surface area contributed by atoms with Crippen LogP contribution in [0.4, 0.5) is 4.79 Å². The minimum atomic E-state index is -1.02. The zero-order chi connectivity index (χ0) is 30.3. The number of aryl methyl sites for hydroxylation is 1. The van der Waals surface area contributed by atoms with Crippen LogP contribution in [-0.2, 0) is 27.5 Å². The predicted octanol–water partition coefficient (Wildman–Crippen LogP) is 7.90. The summed E-state index contributed by atoms with van der Waals surface area (Å²) < 4.78 is 17.2. The van der Waals surface area contributed by atoms with Crippen LogP contribution in [0.15, 0.2) is 127 Å². The number of hydrogen-bond acceptors (Lipinski definition) is 5. The summed E-state index contributed by atoms with van der Waals surface area (Å²) in [7, 11) is 0. The Kier molecular flexibility index (Phi) is 8.69. The van der Waals surface area contributed by atoms with Crippen molar-refractivity contribution in [2.75, 3.05) is 6.61 Å². The number of hydrogen-bond donors (Lipinski definition) is 1. The second kappa shape index (κ2) is 13.3. The molecule has 0 aliphatic heterocycles. The quantitative estimate of drug-likeness (QED) is 0.169. The van der Waals surface area contributed by atoms with Gasteiger partial charge < -0.3 is 19.5 Å². The van der Waals surface area contributed by atoms with Crippen molar-refractivity contribution in [2.45, 2.75) is 32.1 Å². The van der Waals surface area contributed by atoms with Crippen molar-refractivity contribution < 1.29 is 23.8 Å². The lowest BCUT2D eigenvalue weighted by Crippen LogP contribution is -2.35. The predicted molar refractivity (Wildman–Crippen MR) is 169 cm³/mol. The first kappa shape index (κ1) is 28.7. The molecular formula is C38H33NO5. The molecule has 0 aromatic heterocycles. The van der Waals surface area contributed by atoms with E-state index in [4.69, 9.17) is 14.2 Å². The summed E-state index contributed by atoms with van der Waals surface area (Å²) in [5, 5.41) is 2.73. The van der Waals surface area contributed by atoms with Gasteiger partial charge in [-0.25, -0.2) is 9.59 Å². The molecule has 5 aromatic rings. The summed E-state index contributed by atoms with van der Waals surface area (Å²) in [6.45, 7) is 2.71. The average molecular weight is 584 g/mol. The number of fused-ring (bicyclic) bond motifs is 3.